The van der Waals surface area contributed by atoms with Crippen LogP contribution in [0.3, 0.4) is 0 Å². The first-order valence-electron chi connectivity index (χ1n) is 6.82. The Morgan fingerprint density at radius 1 is 1.55 bits per heavy atom. The van der Waals surface area contributed by atoms with Crippen molar-refractivity contribution in [3.8, 4) is 17.6 Å². The van der Waals surface area contributed by atoms with Crippen molar-refractivity contribution in [3.05, 3.63) is 23.7 Å². The van der Waals surface area contributed by atoms with Gasteiger partial charge in [-0.05, 0) is 19.4 Å². The first-order chi connectivity index (χ1) is 9.72. The molecular weight excluding hydrogens is 254 g/mol. The van der Waals surface area contributed by atoms with Gasteiger partial charge in [0.1, 0.15) is 6.07 Å². The average Bonchev–Trinajstić information content (AvgIpc) is 3.16. The lowest BCUT2D eigenvalue weighted by molar-refractivity contribution is 0.193. The molecule has 1 aliphatic heterocycles. The van der Waals surface area contributed by atoms with E-state index >= 15 is 0 Å². The Bertz CT molecular complexity index is 658. The van der Waals surface area contributed by atoms with Crippen molar-refractivity contribution in [1.82, 2.24) is 19.3 Å². The molecule has 2 aromatic rings. The van der Waals surface area contributed by atoms with E-state index in [1.807, 2.05) is 35.5 Å². The summed E-state index contributed by atoms with van der Waals surface area (Å²) < 4.78 is 9.22. The van der Waals surface area contributed by atoms with Gasteiger partial charge in [-0.25, -0.2) is 9.67 Å². The molecule has 20 heavy (non-hydrogen) atoms. The molecule has 6 nitrogen and oxygen atoms in total. The predicted molar refractivity (Wildman–Crippen MR) is 73.0 cm³/mol. The predicted octanol–water partition coefficient (Wildman–Crippen LogP) is 1.68. The second kappa shape index (κ2) is 5.10. The summed E-state index contributed by atoms with van der Waals surface area (Å²) in [6.07, 6.45) is 2.78. The molecule has 2 aromatic heterocycles. The third-order valence-electron chi connectivity index (χ3n) is 3.65. The van der Waals surface area contributed by atoms with E-state index in [1.165, 1.54) is 0 Å². The van der Waals surface area contributed by atoms with E-state index in [0.717, 1.165) is 36.9 Å². The Morgan fingerprint density at radius 3 is 3.00 bits per heavy atom. The molecule has 0 N–H and O–H groups in total. The molecule has 1 fully saturated rings. The topological polar surface area (TPSA) is 68.7 Å². The minimum absolute atomic E-state index is 0.289. The lowest BCUT2D eigenvalue weighted by Gasteiger charge is -2.03. The second-order valence-electron chi connectivity index (χ2n) is 5.01. The van der Waals surface area contributed by atoms with Gasteiger partial charge in [0.15, 0.2) is 11.6 Å². The van der Waals surface area contributed by atoms with E-state index < -0.39 is 0 Å². The third-order valence-corrected chi connectivity index (χ3v) is 3.65. The maximum atomic E-state index is 9.00. The lowest BCUT2D eigenvalue weighted by Crippen LogP contribution is -2.03. The van der Waals surface area contributed by atoms with Crippen molar-refractivity contribution in [1.29, 1.82) is 5.26 Å². The van der Waals surface area contributed by atoms with E-state index in [0.29, 0.717) is 12.2 Å². The van der Waals surface area contributed by atoms with Crippen LogP contribution in [0, 0.1) is 11.3 Å². The number of ether oxygens (including phenoxy) is 1. The Morgan fingerprint density at radius 2 is 2.40 bits per heavy atom. The number of nitriles is 1. The van der Waals surface area contributed by atoms with Crippen LogP contribution < -0.4 is 0 Å². The summed E-state index contributed by atoms with van der Waals surface area (Å²) in [5, 5.41) is 13.6. The Kier molecular flexibility index (Phi) is 3.28. The van der Waals surface area contributed by atoms with Crippen molar-refractivity contribution < 1.29 is 4.74 Å². The molecule has 0 aliphatic carbocycles. The maximum absolute atomic E-state index is 9.00. The molecule has 104 valence electrons. The van der Waals surface area contributed by atoms with Gasteiger partial charge < -0.3 is 9.30 Å². The van der Waals surface area contributed by atoms with E-state index in [-0.39, 0.29) is 5.92 Å². The molecule has 0 radical (unpaired) electrons. The summed E-state index contributed by atoms with van der Waals surface area (Å²) in [7, 11) is 1.92. The molecule has 0 aromatic carbocycles. The minimum atomic E-state index is 0.289. The molecule has 0 spiro atoms. The van der Waals surface area contributed by atoms with Crippen LogP contribution in [0.4, 0.5) is 0 Å². The van der Waals surface area contributed by atoms with Crippen molar-refractivity contribution in [2.45, 2.75) is 25.8 Å². The number of hydrogen-bond donors (Lipinski definition) is 0. The molecule has 0 bridgehead atoms. The summed E-state index contributed by atoms with van der Waals surface area (Å²) in [5.41, 5.74) is 1.56. The molecule has 0 unspecified atom stereocenters. The standard InChI is InChI=1S/C14H17N5O/c1-3-19-14(12-6-10(7-15)8-18(12)2)16-13(17-19)11-4-5-20-9-11/h6,8,11H,3-5,9H2,1-2H3/t11-/m0/s1. The molecule has 1 atom stereocenters. The molecular formula is C14H17N5O. The largest absolute Gasteiger partial charge is 0.381 e. The Labute approximate surface area is 117 Å². The van der Waals surface area contributed by atoms with Crippen LogP contribution in [0.25, 0.3) is 11.5 Å². The monoisotopic (exact) mass is 271 g/mol. The molecule has 1 aliphatic rings. The van der Waals surface area contributed by atoms with Crippen LogP contribution in [-0.2, 0) is 18.3 Å². The first kappa shape index (κ1) is 12.9. The highest BCUT2D eigenvalue weighted by molar-refractivity contribution is 5.55. The minimum Gasteiger partial charge on any atom is -0.381 e. The zero-order valence-electron chi connectivity index (χ0n) is 11.7. The van der Waals surface area contributed by atoms with Crippen LogP contribution in [0.2, 0.25) is 0 Å². The summed E-state index contributed by atoms with van der Waals surface area (Å²) in [6.45, 7) is 4.28. The fourth-order valence-electron chi connectivity index (χ4n) is 2.53. The van der Waals surface area contributed by atoms with Crippen molar-refractivity contribution in [2.24, 2.45) is 7.05 Å². The van der Waals surface area contributed by atoms with Crippen molar-refractivity contribution >= 4 is 0 Å². The SMILES string of the molecule is CCn1nc([C@H]2CCOC2)nc1-c1cc(C#N)cn1C. The van der Waals surface area contributed by atoms with Gasteiger partial charge in [-0.1, -0.05) is 0 Å². The molecule has 3 rings (SSSR count). The maximum Gasteiger partial charge on any atom is 0.175 e. The first-order valence-corrected chi connectivity index (χ1v) is 6.82. The fourth-order valence-corrected chi connectivity index (χ4v) is 2.53. The zero-order valence-corrected chi connectivity index (χ0v) is 11.7. The Hall–Kier alpha value is -2.13. The molecule has 0 saturated carbocycles. The van der Waals surface area contributed by atoms with Gasteiger partial charge in [0.05, 0.1) is 17.9 Å². The number of aromatic nitrogens is 4. The van der Waals surface area contributed by atoms with E-state index in [2.05, 4.69) is 16.2 Å². The van der Waals surface area contributed by atoms with Gasteiger partial charge in [-0.3, -0.25) is 0 Å². The van der Waals surface area contributed by atoms with Crippen molar-refractivity contribution in [3.63, 3.8) is 0 Å². The zero-order chi connectivity index (χ0) is 14.1. The number of nitrogens with zero attached hydrogens (tertiary/aromatic N) is 5. The van der Waals surface area contributed by atoms with E-state index in [1.54, 1.807) is 0 Å². The van der Waals surface area contributed by atoms with Crippen LogP contribution >= 0.6 is 0 Å². The van der Waals surface area contributed by atoms with Gasteiger partial charge in [0.25, 0.3) is 0 Å². The summed E-state index contributed by atoms with van der Waals surface area (Å²) in [5.74, 6) is 1.95. The van der Waals surface area contributed by atoms with Gasteiger partial charge in [-0.15, -0.1) is 0 Å². The second-order valence-corrected chi connectivity index (χ2v) is 5.01. The van der Waals surface area contributed by atoms with Gasteiger partial charge >= 0.3 is 0 Å². The van der Waals surface area contributed by atoms with Crippen LogP contribution in [-0.4, -0.2) is 32.5 Å². The highest BCUT2D eigenvalue weighted by Crippen LogP contribution is 2.26. The van der Waals surface area contributed by atoms with Crippen LogP contribution in [0.15, 0.2) is 12.3 Å². The van der Waals surface area contributed by atoms with E-state index in [9.17, 15) is 0 Å². The number of aryl methyl sites for hydroxylation is 2. The van der Waals surface area contributed by atoms with E-state index in [4.69, 9.17) is 10.00 Å². The smallest absolute Gasteiger partial charge is 0.175 e. The van der Waals surface area contributed by atoms with Gasteiger partial charge in [-0.2, -0.15) is 10.4 Å². The summed E-state index contributed by atoms with van der Waals surface area (Å²) >= 11 is 0. The lowest BCUT2D eigenvalue weighted by atomic mass is 10.1. The molecule has 3 heterocycles. The number of rotatable bonds is 3. The summed E-state index contributed by atoms with van der Waals surface area (Å²) in [4.78, 5) is 4.68. The average molecular weight is 271 g/mol. The molecule has 6 heteroatoms. The summed E-state index contributed by atoms with van der Waals surface area (Å²) in [6, 6.07) is 4.01. The quantitative estimate of drug-likeness (QED) is 0.851. The Balaban J connectivity index is 2.03. The highest BCUT2D eigenvalue weighted by Gasteiger charge is 2.24. The third kappa shape index (κ3) is 2.10. The molecule has 1 saturated heterocycles. The van der Waals surface area contributed by atoms with Crippen LogP contribution in [0.1, 0.15) is 30.7 Å². The highest BCUT2D eigenvalue weighted by atomic mass is 16.5. The molecule has 0 amide bonds. The van der Waals surface area contributed by atoms with Gasteiger partial charge in [0.2, 0.25) is 0 Å². The fraction of sp³-hybridized carbons (Fsp3) is 0.500. The van der Waals surface area contributed by atoms with Crippen molar-refractivity contribution in [2.75, 3.05) is 13.2 Å². The number of hydrogen-bond acceptors (Lipinski definition) is 4. The normalized spacial score (nSPS) is 18.4. The van der Waals surface area contributed by atoms with Crippen LogP contribution in [0.5, 0.6) is 0 Å². The van der Waals surface area contributed by atoms with Gasteiger partial charge in [0, 0.05) is 32.3 Å².